The Morgan fingerprint density at radius 1 is 1.33 bits per heavy atom. The van der Waals surface area contributed by atoms with Crippen molar-refractivity contribution in [3.8, 4) is 0 Å². The molecule has 0 fully saturated rings. The number of carbonyl (C=O) groups excluding carboxylic acids is 1. The highest BCUT2D eigenvalue weighted by molar-refractivity contribution is 5.82. The van der Waals surface area contributed by atoms with Gasteiger partial charge < -0.3 is 15.1 Å². The average molecular weight is 289 g/mol. The number of anilines is 1. The smallest absolute Gasteiger partial charge is 0.242 e. The van der Waals surface area contributed by atoms with Crippen LogP contribution in [-0.4, -0.2) is 44.0 Å². The van der Waals surface area contributed by atoms with Gasteiger partial charge in [0.05, 0.1) is 6.54 Å². The zero-order valence-corrected chi connectivity index (χ0v) is 13.4. The molecule has 0 saturated heterocycles. The zero-order valence-electron chi connectivity index (χ0n) is 13.4. The Bertz CT molecular complexity index is 471. The van der Waals surface area contributed by atoms with E-state index in [-0.39, 0.29) is 5.91 Å². The Hall–Kier alpha value is -1.55. The summed E-state index contributed by atoms with van der Waals surface area (Å²) in [6.45, 7) is 7.06. The van der Waals surface area contributed by atoms with Gasteiger partial charge in [0.25, 0.3) is 0 Å². The fourth-order valence-corrected chi connectivity index (χ4v) is 3.14. The minimum absolute atomic E-state index is 0.220. The van der Waals surface area contributed by atoms with Crippen molar-refractivity contribution in [2.75, 3.05) is 38.1 Å². The van der Waals surface area contributed by atoms with E-state index in [9.17, 15) is 4.79 Å². The summed E-state index contributed by atoms with van der Waals surface area (Å²) in [7, 11) is 2.01. The lowest BCUT2D eigenvalue weighted by Gasteiger charge is -2.28. The molecule has 21 heavy (non-hydrogen) atoms. The van der Waals surface area contributed by atoms with Gasteiger partial charge in [-0.1, -0.05) is 18.2 Å². The molecule has 1 aliphatic heterocycles. The number of likely N-dealkylation sites (N-methyl/N-ethyl adjacent to an activating group) is 1. The van der Waals surface area contributed by atoms with Crippen LogP contribution in [0.25, 0.3) is 0 Å². The highest BCUT2D eigenvalue weighted by atomic mass is 16.2. The summed E-state index contributed by atoms with van der Waals surface area (Å²) in [5, 5.41) is 3.40. The van der Waals surface area contributed by atoms with Crippen molar-refractivity contribution in [1.29, 1.82) is 0 Å². The number of fused-ring (bicyclic) bond motifs is 1. The molecule has 4 nitrogen and oxygen atoms in total. The van der Waals surface area contributed by atoms with Crippen molar-refractivity contribution in [3.63, 3.8) is 0 Å². The third kappa shape index (κ3) is 3.56. The third-order valence-corrected chi connectivity index (χ3v) is 4.36. The molecule has 1 N–H and O–H groups in total. The summed E-state index contributed by atoms with van der Waals surface area (Å²) in [6.07, 6.45) is 2.22. The molecule has 1 heterocycles. The maximum absolute atomic E-state index is 12.4. The summed E-state index contributed by atoms with van der Waals surface area (Å²) in [5.41, 5.74) is 2.51. The van der Waals surface area contributed by atoms with Crippen LogP contribution in [0, 0.1) is 0 Å². The molecule has 1 aliphatic rings. The van der Waals surface area contributed by atoms with Gasteiger partial charge in [-0.2, -0.15) is 0 Å². The first-order valence-electron chi connectivity index (χ1n) is 8.00. The number of hydrogen-bond donors (Lipinski definition) is 1. The fourth-order valence-electron chi connectivity index (χ4n) is 3.14. The zero-order chi connectivity index (χ0) is 15.2. The number of rotatable bonds is 5. The highest BCUT2D eigenvalue weighted by Crippen LogP contribution is 2.32. The molecule has 0 radical (unpaired) electrons. The minimum Gasteiger partial charge on any atom is -0.362 e. The van der Waals surface area contributed by atoms with Crippen LogP contribution in [0.3, 0.4) is 0 Å². The number of nitrogens with one attached hydrogen (secondary N) is 1. The number of nitrogens with zero attached hydrogens (tertiary/aromatic N) is 2. The van der Waals surface area contributed by atoms with Crippen LogP contribution in [0.15, 0.2) is 24.3 Å². The lowest BCUT2D eigenvalue weighted by Crippen LogP contribution is -2.40. The van der Waals surface area contributed by atoms with Crippen LogP contribution in [0.4, 0.5) is 5.69 Å². The van der Waals surface area contributed by atoms with E-state index in [2.05, 4.69) is 34.5 Å². The average Bonchev–Trinajstić information content (AvgIpc) is 2.68. The molecule has 0 bridgehead atoms. The third-order valence-electron chi connectivity index (χ3n) is 4.36. The molecule has 1 aromatic rings. The lowest BCUT2D eigenvalue weighted by atomic mass is 10.0. The van der Waals surface area contributed by atoms with Crippen LogP contribution < -0.4 is 10.2 Å². The second-order valence-corrected chi connectivity index (χ2v) is 5.53. The molecule has 0 saturated carbocycles. The van der Waals surface area contributed by atoms with E-state index in [1.54, 1.807) is 0 Å². The van der Waals surface area contributed by atoms with Gasteiger partial charge in [-0.3, -0.25) is 4.79 Å². The van der Waals surface area contributed by atoms with Gasteiger partial charge in [0, 0.05) is 31.4 Å². The predicted molar refractivity (Wildman–Crippen MR) is 87.6 cm³/mol. The molecule has 0 spiro atoms. The molecular formula is C17H27N3O. The topological polar surface area (TPSA) is 35.6 Å². The largest absolute Gasteiger partial charge is 0.362 e. The quantitative estimate of drug-likeness (QED) is 0.904. The Labute approximate surface area is 128 Å². The highest BCUT2D eigenvalue weighted by Gasteiger charge is 2.23. The van der Waals surface area contributed by atoms with Crippen LogP contribution in [0.5, 0.6) is 0 Å². The summed E-state index contributed by atoms with van der Waals surface area (Å²) in [6, 6.07) is 8.84. The molecule has 1 amide bonds. The van der Waals surface area contributed by atoms with E-state index >= 15 is 0 Å². The Morgan fingerprint density at radius 3 is 2.71 bits per heavy atom. The van der Waals surface area contributed by atoms with E-state index in [1.165, 1.54) is 11.3 Å². The molecule has 1 atom stereocenters. The van der Waals surface area contributed by atoms with Crippen molar-refractivity contribution >= 4 is 11.6 Å². The monoisotopic (exact) mass is 289 g/mol. The summed E-state index contributed by atoms with van der Waals surface area (Å²) in [4.78, 5) is 16.6. The van der Waals surface area contributed by atoms with Gasteiger partial charge >= 0.3 is 0 Å². The van der Waals surface area contributed by atoms with Crippen LogP contribution in [0.2, 0.25) is 0 Å². The first-order valence-corrected chi connectivity index (χ1v) is 8.00. The van der Waals surface area contributed by atoms with Crippen molar-refractivity contribution in [2.24, 2.45) is 0 Å². The van der Waals surface area contributed by atoms with Gasteiger partial charge in [-0.15, -0.1) is 0 Å². The van der Waals surface area contributed by atoms with Gasteiger partial charge in [-0.05, 0) is 45.4 Å². The van der Waals surface area contributed by atoms with Gasteiger partial charge in [0.1, 0.15) is 0 Å². The van der Waals surface area contributed by atoms with Crippen molar-refractivity contribution in [3.05, 3.63) is 29.8 Å². The van der Waals surface area contributed by atoms with Gasteiger partial charge in [0.15, 0.2) is 0 Å². The SMILES string of the molecule is CCN(CC)C(=O)CN1CCCC(NC)c2ccccc21. The van der Waals surface area contributed by atoms with E-state index in [0.29, 0.717) is 12.6 Å². The second-order valence-electron chi connectivity index (χ2n) is 5.53. The second kappa shape index (κ2) is 7.46. The normalized spacial score (nSPS) is 18.0. The summed E-state index contributed by atoms with van der Waals surface area (Å²) < 4.78 is 0. The van der Waals surface area contributed by atoms with Crippen LogP contribution >= 0.6 is 0 Å². The number of hydrogen-bond acceptors (Lipinski definition) is 3. The Morgan fingerprint density at radius 2 is 2.05 bits per heavy atom. The molecule has 0 aromatic heterocycles. The maximum atomic E-state index is 12.4. The standard InChI is InChI=1S/C17H27N3O/c1-4-19(5-2)17(21)13-20-12-8-10-15(18-3)14-9-6-7-11-16(14)20/h6-7,9,11,15,18H,4-5,8,10,12-13H2,1-3H3. The molecular weight excluding hydrogens is 262 g/mol. The first kappa shape index (κ1) is 15.8. The molecule has 116 valence electrons. The van der Waals surface area contributed by atoms with E-state index in [0.717, 1.165) is 32.5 Å². The number of carbonyl (C=O) groups is 1. The Kier molecular flexibility index (Phi) is 5.62. The predicted octanol–water partition coefficient (Wildman–Crippen LogP) is 2.42. The van der Waals surface area contributed by atoms with Gasteiger partial charge in [0.2, 0.25) is 5.91 Å². The molecule has 2 rings (SSSR count). The van der Waals surface area contributed by atoms with Crippen molar-refractivity contribution < 1.29 is 4.79 Å². The molecule has 1 unspecified atom stereocenters. The van der Waals surface area contributed by atoms with Gasteiger partial charge in [-0.25, -0.2) is 0 Å². The number of benzene rings is 1. The minimum atomic E-state index is 0.220. The van der Waals surface area contributed by atoms with E-state index in [1.807, 2.05) is 25.8 Å². The van der Waals surface area contributed by atoms with Crippen LogP contribution in [0.1, 0.15) is 38.3 Å². The van der Waals surface area contributed by atoms with E-state index < -0.39 is 0 Å². The molecule has 1 aromatic carbocycles. The number of para-hydroxylation sites is 1. The first-order chi connectivity index (χ1) is 10.2. The maximum Gasteiger partial charge on any atom is 0.242 e. The fraction of sp³-hybridized carbons (Fsp3) is 0.588. The van der Waals surface area contributed by atoms with Crippen molar-refractivity contribution in [2.45, 2.75) is 32.7 Å². The van der Waals surface area contributed by atoms with Crippen LogP contribution in [-0.2, 0) is 4.79 Å². The molecule has 0 aliphatic carbocycles. The Balaban J connectivity index is 2.22. The lowest BCUT2D eigenvalue weighted by molar-refractivity contribution is -0.129. The summed E-state index contributed by atoms with van der Waals surface area (Å²) >= 11 is 0. The van der Waals surface area contributed by atoms with Crippen molar-refractivity contribution in [1.82, 2.24) is 10.2 Å². The molecule has 4 heteroatoms. The van der Waals surface area contributed by atoms with E-state index in [4.69, 9.17) is 0 Å². The summed E-state index contributed by atoms with van der Waals surface area (Å²) in [5.74, 6) is 0.220. The number of amides is 1.